The van der Waals surface area contributed by atoms with Gasteiger partial charge in [-0.15, -0.1) is 0 Å². The molecule has 3 N–H and O–H groups in total. The fourth-order valence-corrected chi connectivity index (χ4v) is 9.63. The Hall–Kier alpha value is -0.910. The molecule has 3 fully saturated rings. The van der Waals surface area contributed by atoms with E-state index in [1.165, 1.54) is 6.42 Å². The summed E-state index contributed by atoms with van der Waals surface area (Å²) in [7, 11) is 0. The van der Waals surface area contributed by atoms with E-state index in [1.54, 1.807) is 0 Å². The van der Waals surface area contributed by atoms with Gasteiger partial charge in [0.05, 0.1) is 11.7 Å². The molecule has 1 heterocycles. The summed E-state index contributed by atoms with van der Waals surface area (Å²) in [4.78, 5) is 12.3. The maximum Gasteiger partial charge on any atom is 0.339 e. The third kappa shape index (κ3) is 2.38. The number of aliphatic hydroxyl groups excluding tert-OH is 3. The van der Waals surface area contributed by atoms with Crippen LogP contribution in [0.4, 0.5) is 0 Å². The first-order valence-corrected chi connectivity index (χ1v) is 11.9. The van der Waals surface area contributed by atoms with Crippen LogP contribution in [-0.4, -0.2) is 40.3 Å². The van der Waals surface area contributed by atoms with E-state index in [2.05, 4.69) is 27.7 Å². The lowest BCUT2D eigenvalue weighted by Crippen LogP contribution is -2.64. The average molecular weight is 419 g/mol. The van der Waals surface area contributed by atoms with Crippen molar-refractivity contribution >= 4 is 5.97 Å². The number of ether oxygens (including phenoxy) is 1. The van der Waals surface area contributed by atoms with Crippen molar-refractivity contribution in [3.8, 4) is 0 Å². The van der Waals surface area contributed by atoms with Crippen LogP contribution >= 0.6 is 0 Å². The maximum atomic E-state index is 12.3. The first-order chi connectivity index (χ1) is 14.0. The molecule has 5 aliphatic rings. The number of hydrogen-bond acceptors (Lipinski definition) is 5. The quantitative estimate of drug-likeness (QED) is 0.567. The molecule has 5 heteroatoms. The van der Waals surface area contributed by atoms with Gasteiger partial charge >= 0.3 is 5.97 Å². The summed E-state index contributed by atoms with van der Waals surface area (Å²) in [6, 6.07) is 0. The summed E-state index contributed by atoms with van der Waals surface area (Å²) in [6.07, 6.45) is 5.96. The van der Waals surface area contributed by atoms with Crippen LogP contribution in [0, 0.1) is 39.4 Å². The van der Waals surface area contributed by atoms with E-state index in [1.807, 2.05) is 0 Å². The van der Waals surface area contributed by atoms with Gasteiger partial charge in [0.15, 0.2) is 0 Å². The summed E-state index contributed by atoms with van der Waals surface area (Å²) in [5, 5.41) is 32.4. The zero-order chi connectivity index (χ0) is 21.7. The van der Waals surface area contributed by atoms with Gasteiger partial charge in [0, 0.05) is 17.6 Å². The van der Waals surface area contributed by atoms with Crippen molar-refractivity contribution in [1.82, 2.24) is 0 Å². The van der Waals surface area contributed by atoms with Crippen molar-refractivity contribution in [2.45, 2.75) is 91.5 Å². The molecular weight excluding hydrogens is 380 g/mol. The van der Waals surface area contributed by atoms with E-state index in [0.29, 0.717) is 29.4 Å². The highest BCUT2D eigenvalue weighted by Crippen LogP contribution is 2.73. The molecule has 0 saturated heterocycles. The summed E-state index contributed by atoms with van der Waals surface area (Å²) in [5.74, 6) is 0.532. The normalized spacial score (nSPS) is 52.1. The number of aliphatic hydroxyl groups is 3. The van der Waals surface area contributed by atoms with Crippen molar-refractivity contribution < 1.29 is 24.9 Å². The Labute approximate surface area is 179 Å². The molecule has 8 atom stereocenters. The molecule has 30 heavy (non-hydrogen) atoms. The number of carbonyl (C=O) groups excluding carboxylic acids is 1. The standard InChI is InChI=1S/C25H38O5/c1-22(2)8-5-9-25(13-26)15(22)6-10-23(3)16(25)7-11-24(4)17(23)12-14(27)18-19(24)21(29)30-20(18)28/h14-17,21,26-27,29H,5-13H2,1-4H3/t14?,15-,16-,17-,21+,23+,24-,25+/m0/s1. The van der Waals surface area contributed by atoms with Crippen LogP contribution in [0.5, 0.6) is 0 Å². The second-order valence-corrected chi connectivity index (χ2v) is 12.2. The molecule has 168 valence electrons. The second kappa shape index (κ2) is 6.32. The Balaban J connectivity index is 1.60. The molecular formula is C25H38O5. The van der Waals surface area contributed by atoms with Gasteiger partial charge in [-0.1, -0.05) is 34.1 Å². The molecule has 4 aliphatic carbocycles. The van der Waals surface area contributed by atoms with E-state index in [0.717, 1.165) is 38.5 Å². The third-order valence-electron chi connectivity index (χ3n) is 10.8. The largest absolute Gasteiger partial charge is 0.428 e. The zero-order valence-electron chi connectivity index (χ0n) is 18.9. The van der Waals surface area contributed by atoms with E-state index >= 15 is 0 Å². The minimum atomic E-state index is -1.23. The van der Waals surface area contributed by atoms with Crippen molar-refractivity contribution in [3.63, 3.8) is 0 Å². The molecule has 1 unspecified atom stereocenters. The number of fused-ring (bicyclic) bond motifs is 6. The van der Waals surface area contributed by atoms with Crippen LogP contribution in [-0.2, 0) is 9.53 Å². The van der Waals surface area contributed by atoms with Crippen molar-refractivity contribution in [1.29, 1.82) is 0 Å². The first-order valence-electron chi connectivity index (χ1n) is 11.9. The summed E-state index contributed by atoms with van der Waals surface area (Å²) in [6.45, 7) is 9.56. The molecule has 0 aromatic rings. The Kier molecular flexibility index (Phi) is 4.42. The van der Waals surface area contributed by atoms with Gasteiger partial charge < -0.3 is 20.1 Å². The molecule has 3 saturated carbocycles. The van der Waals surface area contributed by atoms with Gasteiger partial charge in [0.25, 0.3) is 0 Å². The predicted octanol–water partition coefficient (Wildman–Crippen LogP) is 3.56. The van der Waals surface area contributed by atoms with Gasteiger partial charge in [-0.05, 0) is 78.9 Å². The van der Waals surface area contributed by atoms with E-state index in [9.17, 15) is 20.1 Å². The Morgan fingerprint density at radius 1 is 0.967 bits per heavy atom. The summed E-state index contributed by atoms with van der Waals surface area (Å²) in [5.41, 5.74) is 0.750. The Bertz CT molecular complexity index is 801. The summed E-state index contributed by atoms with van der Waals surface area (Å²) < 4.78 is 5.16. The highest BCUT2D eigenvalue weighted by atomic mass is 16.6. The third-order valence-corrected chi connectivity index (χ3v) is 10.8. The zero-order valence-corrected chi connectivity index (χ0v) is 18.9. The van der Waals surface area contributed by atoms with Crippen molar-refractivity contribution in [2.75, 3.05) is 6.61 Å². The van der Waals surface area contributed by atoms with E-state index < -0.39 is 18.4 Å². The van der Waals surface area contributed by atoms with Crippen LogP contribution in [0.3, 0.4) is 0 Å². The van der Waals surface area contributed by atoms with Crippen molar-refractivity contribution in [2.24, 2.45) is 39.4 Å². The smallest absolute Gasteiger partial charge is 0.339 e. The predicted molar refractivity (Wildman–Crippen MR) is 112 cm³/mol. The molecule has 0 spiro atoms. The van der Waals surface area contributed by atoms with Crippen molar-refractivity contribution in [3.05, 3.63) is 11.1 Å². The lowest BCUT2D eigenvalue weighted by molar-refractivity contribution is -0.214. The average Bonchev–Trinajstić information content (AvgIpc) is 2.98. The highest BCUT2D eigenvalue weighted by Gasteiger charge is 2.68. The first kappa shape index (κ1) is 21.0. The topological polar surface area (TPSA) is 87.0 Å². The number of carbonyl (C=O) groups is 1. The van der Waals surface area contributed by atoms with Gasteiger partial charge in [0.1, 0.15) is 0 Å². The fourth-order valence-electron chi connectivity index (χ4n) is 9.63. The fraction of sp³-hybridized carbons (Fsp3) is 0.880. The minimum Gasteiger partial charge on any atom is -0.428 e. The molecule has 1 aliphatic heterocycles. The number of esters is 1. The Morgan fingerprint density at radius 2 is 1.67 bits per heavy atom. The molecule has 5 nitrogen and oxygen atoms in total. The minimum absolute atomic E-state index is 0.0372. The Morgan fingerprint density at radius 3 is 2.37 bits per heavy atom. The highest BCUT2D eigenvalue weighted by molar-refractivity contribution is 5.94. The molecule has 0 aromatic heterocycles. The maximum absolute atomic E-state index is 12.3. The van der Waals surface area contributed by atoms with E-state index in [4.69, 9.17) is 4.74 Å². The second-order valence-electron chi connectivity index (χ2n) is 12.2. The van der Waals surface area contributed by atoms with Crippen LogP contribution < -0.4 is 0 Å². The van der Waals surface area contributed by atoms with Crippen LogP contribution in [0.25, 0.3) is 0 Å². The van der Waals surface area contributed by atoms with Crippen LogP contribution in [0.15, 0.2) is 11.1 Å². The molecule has 0 bridgehead atoms. The monoisotopic (exact) mass is 418 g/mol. The SMILES string of the molecule is CC1(C)CCC[C@@]2(CO)[C@H]1CC[C@]1(C)[C@@H]2CC[C@]2(C)C3=C(C(=O)O[C@H]3O)C(O)C[C@@H]12. The van der Waals surface area contributed by atoms with Gasteiger partial charge in [0.2, 0.25) is 6.29 Å². The van der Waals surface area contributed by atoms with Gasteiger partial charge in [-0.2, -0.15) is 0 Å². The number of hydrogen-bond donors (Lipinski definition) is 3. The summed E-state index contributed by atoms with van der Waals surface area (Å²) >= 11 is 0. The number of rotatable bonds is 1. The molecule has 5 rings (SSSR count). The van der Waals surface area contributed by atoms with Gasteiger partial charge in [-0.3, -0.25) is 0 Å². The van der Waals surface area contributed by atoms with Gasteiger partial charge in [-0.25, -0.2) is 4.79 Å². The van der Waals surface area contributed by atoms with Crippen LogP contribution in [0.2, 0.25) is 0 Å². The molecule has 0 amide bonds. The lowest BCUT2D eigenvalue weighted by Gasteiger charge is -2.69. The molecule has 0 radical (unpaired) electrons. The number of cyclic esters (lactones) is 1. The lowest BCUT2D eigenvalue weighted by atomic mass is 9.35. The van der Waals surface area contributed by atoms with Crippen LogP contribution in [0.1, 0.15) is 79.1 Å². The van der Waals surface area contributed by atoms with E-state index in [-0.39, 0.29) is 34.2 Å². The molecule has 0 aromatic carbocycles.